The first-order valence-corrected chi connectivity index (χ1v) is 20.8. The van der Waals surface area contributed by atoms with E-state index in [-0.39, 0.29) is 57.9 Å². The number of esters is 2. The van der Waals surface area contributed by atoms with E-state index in [0.717, 1.165) is 44.9 Å². The molecule has 0 heterocycles. The summed E-state index contributed by atoms with van der Waals surface area (Å²) in [5.41, 5.74) is -2.52. The van der Waals surface area contributed by atoms with Crippen LogP contribution in [0.3, 0.4) is 0 Å². The number of aliphatic hydroxyl groups excluding tert-OH is 4. The molecule has 4 bridgehead atoms. The van der Waals surface area contributed by atoms with Gasteiger partial charge in [-0.3, -0.25) is 9.59 Å². The van der Waals surface area contributed by atoms with Gasteiger partial charge in [0.15, 0.2) is 0 Å². The second-order valence-electron chi connectivity index (χ2n) is 19.7. The minimum absolute atomic E-state index is 0.0280. The number of aliphatic hydroxyl groups is 4. The number of Topliss-reactive ketones (excluding diaryl/α,β-unsaturated/α-hetero) is 2. The van der Waals surface area contributed by atoms with E-state index in [1.807, 2.05) is 6.92 Å². The van der Waals surface area contributed by atoms with Crippen molar-refractivity contribution in [2.24, 2.45) is 68.0 Å². The van der Waals surface area contributed by atoms with Crippen LogP contribution in [0.4, 0.5) is 0 Å². The molecule has 54 heavy (non-hydrogen) atoms. The van der Waals surface area contributed by atoms with Crippen molar-refractivity contribution in [1.82, 2.24) is 0 Å². The fourth-order valence-electron chi connectivity index (χ4n) is 13.6. The lowest BCUT2D eigenvalue weighted by Gasteiger charge is -2.62. The molecular formula is C44H70O10. The molecule has 0 aromatic carbocycles. The van der Waals surface area contributed by atoms with E-state index < -0.39 is 71.2 Å². The molecular weight excluding hydrogens is 688 g/mol. The van der Waals surface area contributed by atoms with Gasteiger partial charge in [0.05, 0.1) is 12.2 Å². The first-order chi connectivity index (χ1) is 25.1. The highest BCUT2D eigenvalue weighted by Crippen LogP contribution is 2.69. The first-order valence-electron chi connectivity index (χ1n) is 20.8. The zero-order valence-electron chi connectivity index (χ0n) is 34.5. The Hall–Kier alpha value is -2.14. The van der Waals surface area contributed by atoms with E-state index in [1.54, 1.807) is 6.08 Å². The van der Waals surface area contributed by atoms with Crippen LogP contribution in [0.1, 0.15) is 133 Å². The van der Waals surface area contributed by atoms with Gasteiger partial charge in [0.25, 0.3) is 0 Å². The molecule has 2 unspecified atom stereocenters. The van der Waals surface area contributed by atoms with E-state index in [0.29, 0.717) is 25.7 Å². The van der Waals surface area contributed by atoms with E-state index in [4.69, 9.17) is 9.47 Å². The van der Waals surface area contributed by atoms with Crippen molar-refractivity contribution in [1.29, 1.82) is 0 Å². The predicted octanol–water partition coefficient (Wildman–Crippen LogP) is 5.99. The number of hydrogen-bond donors (Lipinski definition) is 4. The largest absolute Gasteiger partial charge is 0.460 e. The SMILES string of the molecule is C=C[C@]1(C)C[C@@H](OC(=O)CO)[C@@]2(C)C3C(=O)CC[C@@]3(CC[C@H]2C)[C@@H](C)[C@@H]1O.CC[C@]1(C)C[C@@H](OC(=O)CO)[C@@]2(C)C3C(=O)CC[C@@]3(CC[C@H]2C)[C@@H](C)[C@@H]1O. The van der Waals surface area contributed by atoms with Crippen molar-refractivity contribution < 1.29 is 49.1 Å². The molecule has 0 aromatic heterocycles. The number of carbonyl (C=O) groups excluding carboxylic acids is 4. The van der Waals surface area contributed by atoms with Crippen LogP contribution in [-0.4, -0.2) is 81.6 Å². The Kier molecular flexibility index (Phi) is 11.9. The van der Waals surface area contributed by atoms with Gasteiger partial charge in [-0.1, -0.05) is 68.4 Å². The number of rotatable bonds is 6. The maximum Gasteiger partial charge on any atom is 0.332 e. The molecule has 6 aliphatic carbocycles. The lowest BCUT2D eigenvalue weighted by atomic mass is 9.43. The standard InChI is InChI=1S/C22H36O5.C22H34O5/c2*1-6-20(4)11-16(27-17(25)12-23)21(5)13(2)7-9-22(14(3)19(20)26)10-8-15(24)18(21)22/h13-14,16,18-19,23,26H,6-12H2,1-5H3;6,13-14,16,18-19,23,26H,1,7-12H2,2-5H3/t2*13-,14+,16-,18?,19+,20-,21+,22+/m11/s1. The molecule has 10 heteroatoms. The van der Waals surface area contributed by atoms with Crippen molar-refractivity contribution in [3.63, 3.8) is 0 Å². The quantitative estimate of drug-likeness (QED) is 0.187. The van der Waals surface area contributed by atoms with Gasteiger partial charge in [-0.25, -0.2) is 9.59 Å². The van der Waals surface area contributed by atoms with Crippen LogP contribution in [-0.2, 0) is 28.7 Å². The molecule has 0 aliphatic heterocycles. The highest BCUT2D eigenvalue weighted by atomic mass is 16.6. The highest BCUT2D eigenvalue weighted by molar-refractivity contribution is 5.86. The summed E-state index contributed by atoms with van der Waals surface area (Å²) in [6, 6.07) is 0. The predicted molar refractivity (Wildman–Crippen MR) is 204 cm³/mol. The maximum absolute atomic E-state index is 13.1. The van der Waals surface area contributed by atoms with Crippen LogP contribution in [0.25, 0.3) is 0 Å². The van der Waals surface area contributed by atoms with Crippen molar-refractivity contribution in [2.75, 3.05) is 13.2 Å². The van der Waals surface area contributed by atoms with Gasteiger partial charge in [-0.2, -0.15) is 0 Å². The Bertz CT molecular complexity index is 1480. The molecule has 4 N–H and O–H groups in total. The molecule has 0 saturated heterocycles. The van der Waals surface area contributed by atoms with E-state index in [9.17, 15) is 39.6 Å². The van der Waals surface area contributed by atoms with Gasteiger partial charge >= 0.3 is 11.9 Å². The molecule has 6 rings (SSSR count). The molecule has 306 valence electrons. The summed E-state index contributed by atoms with van der Waals surface area (Å²) in [6.07, 6.45) is 7.63. The Morgan fingerprint density at radius 3 is 1.52 bits per heavy atom. The summed E-state index contributed by atoms with van der Waals surface area (Å²) in [6.45, 7) is 21.4. The van der Waals surface area contributed by atoms with Crippen molar-refractivity contribution >= 4 is 23.5 Å². The zero-order chi connectivity index (χ0) is 40.4. The van der Waals surface area contributed by atoms with Crippen LogP contribution in [0.15, 0.2) is 12.7 Å². The number of ether oxygens (including phenoxy) is 2. The third kappa shape index (κ3) is 6.26. The van der Waals surface area contributed by atoms with E-state index in [1.165, 1.54) is 0 Å². The average molecular weight is 759 g/mol. The van der Waals surface area contributed by atoms with Crippen LogP contribution in [0.5, 0.6) is 0 Å². The monoisotopic (exact) mass is 758 g/mol. The third-order valence-corrected chi connectivity index (χ3v) is 17.8. The molecule has 0 aromatic rings. The highest BCUT2D eigenvalue weighted by Gasteiger charge is 2.70. The third-order valence-electron chi connectivity index (χ3n) is 17.8. The summed E-state index contributed by atoms with van der Waals surface area (Å²) in [4.78, 5) is 50.4. The summed E-state index contributed by atoms with van der Waals surface area (Å²) in [5.74, 6) is -0.841. The molecule has 0 amide bonds. The fraction of sp³-hybridized carbons (Fsp3) is 0.864. The van der Waals surface area contributed by atoms with Gasteiger partial charge in [0.2, 0.25) is 0 Å². The second kappa shape index (κ2) is 15.0. The normalized spacial score (nSPS) is 49.8. The summed E-state index contributed by atoms with van der Waals surface area (Å²) in [5, 5.41) is 41.3. The van der Waals surface area contributed by atoms with Gasteiger partial charge in [-0.15, -0.1) is 6.58 Å². The van der Waals surface area contributed by atoms with E-state index >= 15 is 0 Å². The maximum atomic E-state index is 13.1. The van der Waals surface area contributed by atoms with Crippen molar-refractivity contribution in [3.05, 3.63) is 12.7 Å². The Morgan fingerprint density at radius 1 is 0.722 bits per heavy atom. The summed E-state index contributed by atoms with van der Waals surface area (Å²) in [7, 11) is 0. The van der Waals surface area contributed by atoms with Gasteiger partial charge in [-0.05, 0) is 97.7 Å². The van der Waals surface area contributed by atoms with Gasteiger partial charge in [0, 0.05) is 40.9 Å². The molecule has 6 saturated carbocycles. The van der Waals surface area contributed by atoms with Crippen LogP contribution in [0, 0.1) is 68.0 Å². The lowest BCUT2D eigenvalue weighted by Crippen LogP contribution is -2.63. The smallest absolute Gasteiger partial charge is 0.332 e. The molecule has 16 atom stereocenters. The molecule has 10 nitrogen and oxygen atoms in total. The fourth-order valence-corrected chi connectivity index (χ4v) is 13.6. The Labute approximate surface area is 323 Å². The zero-order valence-corrected chi connectivity index (χ0v) is 34.5. The molecule has 6 fully saturated rings. The number of hydrogen-bond acceptors (Lipinski definition) is 10. The van der Waals surface area contributed by atoms with Crippen LogP contribution in [0.2, 0.25) is 0 Å². The minimum Gasteiger partial charge on any atom is -0.460 e. The molecule has 0 radical (unpaired) electrons. The summed E-state index contributed by atoms with van der Waals surface area (Å²) >= 11 is 0. The van der Waals surface area contributed by atoms with Crippen LogP contribution < -0.4 is 0 Å². The second-order valence-corrected chi connectivity index (χ2v) is 19.7. The number of carbonyl (C=O) groups is 4. The molecule has 0 spiro atoms. The molecule has 6 aliphatic rings. The van der Waals surface area contributed by atoms with Gasteiger partial charge in [0.1, 0.15) is 37.0 Å². The average Bonchev–Trinajstić information content (AvgIpc) is 3.70. The topological polar surface area (TPSA) is 168 Å². The minimum atomic E-state index is -0.686. The number of ketones is 2. The Morgan fingerprint density at radius 2 is 1.13 bits per heavy atom. The van der Waals surface area contributed by atoms with Gasteiger partial charge < -0.3 is 29.9 Å². The summed E-state index contributed by atoms with van der Waals surface area (Å²) < 4.78 is 11.6. The van der Waals surface area contributed by atoms with Crippen LogP contribution >= 0.6 is 0 Å². The van der Waals surface area contributed by atoms with E-state index in [2.05, 4.69) is 62.0 Å². The lowest BCUT2D eigenvalue weighted by molar-refractivity contribution is -0.213. The first kappa shape index (κ1) is 43.0. The van der Waals surface area contributed by atoms with Crippen molar-refractivity contribution in [3.8, 4) is 0 Å². The van der Waals surface area contributed by atoms with Crippen molar-refractivity contribution in [2.45, 2.75) is 157 Å². The Balaban J connectivity index is 0.000000208.